The van der Waals surface area contributed by atoms with Gasteiger partial charge < -0.3 is 9.72 Å². The molecule has 0 saturated heterocycles. The molecule has 2 heterocycles. The molecule has 6 heteroatoms. The number of hydrogen-bond acceptors (Lipinski definition) is 4. The van der Waals surface area contributed by atoms with Crippen LogP contribution in [-0.4, -0.2) is 27.5 Å². The normalized spacial score (nSPS) is 11.4. The predicted octanol–water partition coefficient (Wildman–Crippen LogP) is 3.32. The van der Waals surface area contributed by atoms with Gasteiger partial charge in [0.25, 0.3) is 5.56 Å². The summed E-state index contributed by atoms with van der Waals surface area (Å²) in [5.74, 6) is 0.750. The fraction of sp³-hybridized carbons (Fsp3) is 0.0500. The van der Waals surface area contributed by atoms with Crippen LogP contribution in [0.1, 0.15) is 5.56 Å². The van der Waals surface area contributed by atoms with Crippen molar-refractivity contribution < 1.29 is 4.74 Å². The standard InChI is InChI=1S/C20H16N4O2/c1-2-11-26-15-9-7-14(8-10-15)12-22-24-13-21-18-16-5-3-4-6-17(16)23-19(18)20(24)25/h2-10,12-13,23H,1,11H2/b22-12-. The van der Waals surface area contributed by atoms with Crippen molar-refractivity contribution in [1.29, 1.82) is 0 Å². The molecule has 6 nitrogen and oxygen atoms in total. The lowest BCUT2D eigenvalue weighted by Crippen LogP contribution is -2.17. The minimum atomic E-state index is -0.242. The molecule has 0 atom stereocenters. The Morgan fingerprint density at radius 3 is 2.81 bits per heavy atom. The average Bonchev–Trinajstić information content (AvgIpc) is 3.06. The van der Waals surface area contributed by atoms with E-state index in [9.17, 15) is 4.79 Å². The molecular formula is C20H16N4O2. The third kappa shape index (κ3) is 2.88. The van der Waals surface area contributed by atoms with Gasteiger partial charge in [-0.1, -0.05) is 30.9 Å². The smallest absolute Gasteiger partial charge is 0.298 e. The van der Waals surface area contributed by atoms with E-state index in [2.05, 4.69) is 21.6 Å². The zero-order chi connectivity index (χ0) is 17.9. The number of ether oxygens (including phenoxy) is 1. The molecule has 4 rings (SSSR count). The second kappa shape index (κ2) is 6.68. The molecule has 0 amide bonds. The fourth-order valence-corrected chi connectivity index (χ4v) is 2.71. The SMILES string of the molecule is C=CCOc1ccc(/C=N\n2cnc3c([nH]c4ccccc43)c2=O)cc1. The van der Waals surface area contributed by atoms with Gasteiger partial charge in [-0.2, -0.15) is 9.78 Å². The van der Waals surface area contributed by atoms with E-state index in [1.54, 1.807) is 12.3 Å². The Kier molecular flexibility index (Phi) is 4.07. The first-order valence-corrected chi connectivity index (χ1v) is 8.12. The monoisotopic (exact) mass is 344 g/mol. The molecule has 0 radical (unpaired) electrons. The molecule has 4 aromatic rings. The zero-order valence-electron chi connectivity index (χ0n) is 13.9. The molecule has 0 spiro atoms. The highest BCUT2D eigenvalue weighted by Crippen LogP contribution is 2.20. The number of aromatic amines is 1. The van der Waals surface area contributed by atoms with E-state index < -0.39 is 0 Å². The Balaban J connectivity index is 1.65. The minimum Gasteiger partial charge on any atom is -0.490 e. The Morgan fingerprint density at radius 1 is 1.19 bits per heavy atom. The van der Waals surface area contributed by atoms with Crippen LogP contribution in [0.2, 0.25) is 0 Å². The van der Waals surface area contributed by atoms with Crippen LogP contribution in [0.15, 0.2) is 77.4 Å². The lowest BCUT2D eigenvalue weighted by Gasteiger charge is -2.02. The van der Waals surface area contributed by atoms with Crippen molar-refractivity contribution >= 4 is 28.2 Å². The quantitative estimate of drug-likeness (QED) is 0.446. The molecule has 0 unspecified atom stereocenters. The maximum Gasteiger partial charge on any atom is 0.298 e. The number of nitrogens with one attached hydrogen (secondary N) is 1. The van der Waals surface area contributed by atoms with Gasteiger partial charge >= 0.3 is 0 Å². The highest BCUT2D eigenvalue weighted by molar-refractivity contribution is 6.04. The molecule has 1 N–H and O–H groups in total. The van der Waals surface area contributed by atoms with E-state index >= 15 is 0 Å². The summed E-state index contributed by atoms with van der Waals surface area (Å²) in [4.78, 5) is 20.1. The molecule has 0 bridgehead atoms. The molecular weight excluding hydrogens is 328 g/mol. The van der Waals surface area contributed by atoms with Crippen molar-refractivity contribution in [2.45, 2.75) is 0 Å². The highest BCUT2D eigenvalue weighted by Gasteiger charge is 2.09. The van der Waals surface area contributed by atoms with E-state index in [0.29, 0.717) is 17.6 Å². The van der Waals surface area contributed by atoms with Crippen LogP contribution >= 0.6 is 0 Å². The molecule has 2 aromatic heterocycles. The first kappa shape index (κ1) is 15.8. The first-order valence-electron chi connectivity index (χ1n) is 8.12. The summed E-state index contributed by atoms with van der Waals surface area (Å²) in [6.45, 7) is 4.07. The zero-order valence-corrected chi connectivity index (χ0v) is 13.9. The van der Waals surface area contributed by atoms with E-state index in [0.717, 1.165) is 22.2 Å². The van der Waals surface area contributed by atoms with Crippen molar-refractivity contribution in [3.8, 4) is 5.75 Å². The molecule has 2 aromatic carbocycles. The number of hydrogen-bond donors (Lipinski definition) is 1. The number of fused-ring (bicyclic) bond motifs is 3. The van der Waals surface area contributed by atoms with Crippen molar-refractivity contribution in [1.82, 2.24) is 14.6 Å². The van der Waals surface area contributed by atoms with Gasteiger partial charge in [0.15, 0.2) is 0 Å². The summed E-state index contributed by atoms with van der Waals surface area (Å²) in [5.41, 5.74) is 2.58. The van der Waals surface area contributed by atoms with Gasteiger partial charge in [-0.3, -0.25) is 4.79 Å². The largest absolute Gasteiger partial charge is 0.490 e. The summed E-state index contributed by atoms with van der Waals surface area (Å²) in [6.07, 6.45) is 4.73. The second-order valence-corrected chi connectivity index (χ2v) is 5.70. The summed E-state index contributed by atoms with van der Waals surface area (Å²) >= 11 is 0. The highest BCUT2D eigenvalue weighted by atomic mass is 16.5. The number of nitrogens with zero attached hydrogens (tertiary/aromatic N) is 3. The third-order valence-electron chi connectivity index (χ3n) is 3.98. The maximum atomic E-state index is 12.6. The molecule has 128 valence electrons. The predicted molar refractivity (Wildman–Crippen MR) is 103 cm³/mol. The number of benzene rings is 2. The molecule has 0 saturated carbocycles. The van der Waals surface area contributed by atoms with Gasteiger partial charge in [-0.05, 0) is 35.9 Å². The van der Waals surface area contributed by atoms with E-state index in [1.165, 1.54) is 11.0 Å². The lowest BCUT2D eigenvalue weighted by atomic mass is 10.2. The summed E-state index contributed by atoms with van der Waals surface area (Å²) < 4.78 is 6.66. The topological polar surface area (TPSA) is 72.3 Å². The minimum absolute atomic E-state index is 0.242. The van der Waals surface area contributed by atoms with E-state index in [-0.39, 0.29) is 5.56 Å². The average molecular weight is 344 g/mol. The van der Waals surface area contributed by atoms with Crippen LogP contribution in [-0.2, 0) is 0 Å². The first-order chi connectivity index (χ1) is 12.8. The van der Waals surface area contributed by atoms with Crippen LogP contribution in [0.4, 0.5) is 0 Å². The Labute approximate surface area is 149 Å². The van der Waals surface area contributed by atoms with Gasteiger partial charge in [0.05, 0.1) is 6.21 Å². The van der Waals surface area contributed by atoms with Crippen molar-refractivity contribution in [2.75, 3.05) is 6.61 Å². The van der Waals surface area contributed by atoms with Gasteiger partial charge in [0.1, 0.15) is 29.7 Å². The van der Waals surface area contributed by atoms with Crippen molar-refractivity contribution in [2.24, 2.45) is 5.10 Å². The lowest BCUT2D eigenvalue weighted by molar-refractivity contribution is 0.363. The van der Waals surface area contributed by atoms with Gasteiger partial charge in [0, 0.05) is 10.9 Å². The van der Waals surface area contributed by atoms with Crippen LogP contribution in [0, 0.1) is 0 Å². The van der Waals surface area contributed by atoms with E-state index in [4.69, 9.17) is 4.74 Å². The second-order valence-electron chi connectivity index (χ2n) is 5.70. The van der Waals surface area contributed by atoms with Gasteiger partial charge in [0.2, 0.25) is 0 Å². The van der Waals surface area contributed by atoms with Crippen molar-refractivity contribution in [3.05, 3.63) is 83.4 Å². The van der Waals surface area contributed by atoms with Crippen LogP contribution in [0.3, 0.4) is 0 Å². The van der Waals surface area contributed by atoms with Gasteiger partial charge in [-0.15, -0.1) is 0 Å². The third-order valence-corrected chi connectivity index (χ3v) is 3.98. The Morgan fingerprint density at radius 2 is 2.00 bits per heavy atom. The Bertz CT molecular complexity index is 1170. The number of H-pyrrole nitrogens is 1. The van der Waals surface area contributed by atoms with Crippen molar-refractivity contribution in [3.63, 3.8) is 0 Å². The van der Waals surface area contributed by atoms with E-state index in [1.807, 2.05) is 48.5 Å². The van der Waals surface area contributed by atoms with Crippen LogP contribution in [0.5, 0.6) is 5.75 Å². The van der Waals surface area contributed by atoms with Crippen LogP contribution < -0.4 is 10.3 Å². The molecule has 0 aliphatic heterocycles. The van der Waals surface area contributed by atoms with Gasteiger partial charge in [-0.25, -0.2) is 4.98 Å². The molecule has 0 aliphatic rings. The number of rotatable bonds is 5. The number of para-hydroxylation sites is 1. The summed E-state index contributed by atoms with van der Waals surface area (Å²) in [7, 11) is 0. The molecule has 0 fully saturated rings. The Hall–Kier alpha value is -3.67. The maximum absolute atomic E-state index is 12.6. The molecule has 26 heavy (non-hydrogen) atoms. The number of aromatic nitrogens is 3. The molecule has 0 aliphatic carbocycles. The summed E-state index contributed by atoms with van der Waals surface area (Å²) in [5, 5.41) is 5.15. The summed E-state index contributed by atoms with van der Waals surface area (Å²) in [6, 6.07) is 15.1. The van der Waals surface area contributed by atoms with Crippen LogP contribution in [0.25, 0.3) is 21.9 Å². The fourth-order valence-electron chi connectivity index (χ4n) is 2.71.